The van der Waals surface area contributed by atoms with Crippen LogP contribution in [0.4, 0.5) is 4.39 Å². The summed E-state index contributed by atoms with van der Waals surface area (Å²) in [6, 6.07) is 12.6. The second-order valence-electron chi connectivity index (χ2n) is 7.75. The van der Waals surface area contributed by atoms with E-state index in [1.807, 2.05) is 38.1 Å². The summed E-state index contributed by atoms with van der Waals surface area (Å²) in [5.74, 6) is 4.56. The Hall–Kier alpha value is -2.68. The first-order valence-electron chi connectivity index (χ1n) is 10.0. The van der Waals surface area contributed by atoms with Crippen molar-refractivity contribution >= 4 is 5.97 Å². The van der Waals surface area contributed by atoms with Crippen LogP contribution in [-0.2, 0) is 25.4 Å². The highest BCUT2D eigenvalue weighted by Gasteiger charge is 2.33. The van der Waals surface area contributed by atoms with E-state index in [1.54, 1.807) is 13.2 Å². The lowest BCUT2D eigenvalue weighted by atomic mass is 9.89. The SMILES string of the molecule is COC(C)(C)OCCC#CC1c2ccccc2Cc2ccc(F)cc2[C@H]1OC(C)=O. The van der Waals surface area contributed by atoms with Crippen LogP contribution >= 0.6 is 0 Å². The van der Waals surface area contributed by atoms with E-state index in [2.05, 4.69) is 11.8 Å². The molecule has 0 N–H and O–H groups in total. The summed E-state index contributed by atoms with van der Waals surface area (Å²) in [7, 11) is 1.59. The Labute approximate surface area is 177 Å². The molecule has 2 aromatic rings. The molecule has 0 fully saturated rings. The summed E-state index contributed by atoms with van der Waals surface area (Å²) >= 11 is 0. The number of hydrogen-bond acceptors (Lipinski definition) is 4. The first kappa shape index (κ1) is 22.0. The highest BCUT2D eigenvalue weighted by Crippen LogP contribution is 2.41. The zero-order chi connectivity index (χ0) is 21.7. The number of benzene rings is 2. The fourth-order valence-corrected chi connectivity index (χ4v) is 3.59. The fourth-order valence-electron chi connectivity index (χ4n) is 3.59. The van der Waals surface area contributed by atoms with E-state index in [-0.39, 0.29) is 5.82 Å². The Morgan fingerprint density at radius 2 is 1.90 bits per heavy atom. The summed E-state index contributed by atoms with van der Waals surface area (Å²) < 4.78 is 30.7. The van der Waals surface area contributed by atoms with Gasteiger partial charge in [0.05, 0.1) is 12.5 Å². The number of carbonyl (C=O) groups is 1. The van der Waals surface area contributed by atoms with Crippen molar-refractivity contribution in [3.8, 4) is 11.8 Å². The minimum Gasteiger partial charge on any atom is -0.456 e. The molecule has 2 aromatic carbocycles. The van der Waals surface area contributed by atoms with Gasteiger partial charge in [0, 0.05) is 26.0 Å². The summed E-state index contributed by atoms with van der Waals surface area (Å²) in [5.41, 5.74) is 3.68. The first-order chi connectivity index (χ1) is 14.3. The zero-order valence-electron chi connectivity index (χ0n) is 17.8. The fraction of sp³-hybridized carbons (Fsp3) is 0.400. The number of hydrogen-bond donors (Lipinski definition) is 0. The van der Waals surface area contributed by atoms with Crippen LogP contribution in [0.25, 0.3) is 0 Å². The van der Waals surface area contributed by atoms with Gasteiger partial charge in [-0.3, -0.25) is 4.79 Å². The summed E-state index contributed by atoms with van der Waals surface area (Å²) in [5, 5.41) is 0. The predicted octanol–water partition coefficient (Wildman–Crippen LogP) is 4.91. The average molecular weight is 410 g/mol. The highest BCUT2D eigenvalue weighted by molar-refractivity contribution is 5.67. The standard InChI is InChI=1S/C25H27FO4/c1-17(27)30-24-22(11-7-8-14-29-25(2,3)28-4)21-10-6-5-9-18(21)15-19-12-13-20(26)16-23(19)24/h5-6,9-10,12-13,16,22,24H,8,14-15H2,1-4H3/t22?,24-/m0/s1. The lowest BCUT2D eigenvalue weighted by molar-refractivity contribution is -0.195. The maximum absolute atomic E-state index is 14.1. The molecular formula is C25H27FO4. The molecule has 0 amide bonds. The topological polar surface area (TPSA) is 44.8 Å². The molecule has 1 aliphatic rings. The molecule has 0 radical (unpaired) electrons. The van der Waals surface area contributed by atoms with Crippen LogP contribution in [0.1, 0.15) is 61.5 Å². The molecule has 0 saturated carbocycles. The quantitative estimate of drug-likeness (QED) is 0.304. The van der Waals surface area contributed by atoms with Gasteiger partial charge in [-0.15, -0.1) is 5.92 Å². The van der Waals surface area contributed by atoms with E-state index >= 15 is 0 Å². The van der Waals surface area contributed by atoms with Crippen molar-refractivity contribution in [3.05, 3.63) is 70.5 Å². The number of halogens is 1. The summed E-state index contributed by atoms with van der Waals surface area (Å²) in [6.07, 6.45) is 0.446. The molecule has 30 heavy (non-hydrogen) atoms. The van der Waals surface area contributed by atoms with Crippen molar-refractivity contribution in [2.45, 2.75) is 51.4 Å². The van der Waals surface area contributed by atoms with Gasteiger partial charge in [-0.25, -0.2) is 4.39 Å². The molecule has 4 nitrogen and oxygen atoms in total. The Morgan fingerprint density at radius 3 is 2.63 bits per heavy atom. The van der Waals surface area contributed by atoms with E-state index in [0.717, 1.165) is 16.7 Å². The largest absolute Gasteiger partial charge is 0.456 e. The van der Waals surface area contributed by atoms with E-state index in [0.29, 0.717) is 25.0 Å². The molecule has 1 aliphatic carbocycles. The maximum atomic E-state index is 14.1. The van der Waals surface area contributed by atoms with Crippen molar-refractivity contribution in [1.82, 2.24) is 0 Å². The van der Waals surface area contributed by atoms with Gasteiger partial charge in [0.15, 0.2) is 5.79 Å². The van der Waals surface area contributed by atoms with Crippen molar-refractivity contribution in [2.24, 2.45) is 0 Å². The molecule has 0 spiro atoms. The van der Waals surface area contributed by atoms with Crippen LogP contribution in [0.15, 0.2) is 42.5 Å². The second-order valence-corrected chi connectivity index (χ2v) is 7.75. The third kappa shape index (κ3) is 5.27. The van der Waals surface area contributed by atoms with Crippen molar-refractivity contribution < 1.29 is 23.4 Å². The molecule has 0 aliphatic heterocycles. The summed E-state index contributed by atoms with van der Waals surface area (Å²) in [6.45, 7) is 5.45. The number of rotatable bonds is 5. The molecule has 0 saturated heterocycles. The van der Waals surface area contributed by atoms with E-state index in [1.165, 1.54) is 19.1 Å². The lowest BCUT2D eigenvalue weighted by Gasteiger charge is -2.24. The van der Waals surface area contributed by atoms with E-state index in [9.17, 15) is 9.18 Å². The average Bonchev–Trinajstić information content (AvgIpc) is 2.82. The molecule has 0 heterocycles. The number of fused-ring (bicyclic) bond motifs is 2. The minimum atomic E-state index is -0.680. The zero-order valence-corrected chi connectivity index (χ0v) is 17.8. The second kappa shape index (κ2) is 9.42. The third-order valence-corrected chi connectivity index (χ3v) is 5.21. The van der Waals surface area contributed by atoms with Gasteiger partial charge >= 0.3 is 5.97 Å². The third-order valence-electron chi connectivity index (χ3n) is 5.21. The van der Waals surface area contributed by atoms with Crippen LogP contribution in [0.3, 0.4) is 0 Å². The molecule has 1 unspecified atom stereocenters. The highest BCUT2D eigenvalue weighted by atomic mass is 19.1. The van der Waals surface area contributed by atoms with Crippen LogP contribution in [-0.4, -0.2) is 25.5 Å². The number of methoxy groups -OCH3 is 1. The monoisotopic (exact) mass is 410 g/mol. The van der Waals surface area contributed by atoms with Crippen LogP contribution in [0, 0.1) is 17.7 Å². The number of esters is 1. The van der Waals surface area contributed by atoms with Gasteiger partial charge in [-0.2, -0.15) is 0 Å². The Morgan fingerprint density at radius 1 is 1.17 bits per heavy atom. The molecule has 0 bridgehead atoms. The molecule has 2 atom stereocenters. The van der Waals surface area contributed by atoms with Crippen LogP contribution in [0.2, 0.25) is 0 Å². The molecule has 0 aromatic heterocycles. The van der Waals surface area contributed by atoms with Crippen molar-refractivity contribution in [2.75, 3.05) is 13.7 Å². The first-order valence-corrected chi connectivity index (χ1v) is 10.0. The molecular weight excluding hydrogens is 383 g/mol. The maximum Gasteiger partial charge on any atom is 0.303 e. The number of carbonyl (C=O) groups excluding carboxylic acids is 1. The molecule has 5 heteroatoms. The number of ether oxygens (including phenoxy) is 3. The smallest absolute Gasteiger partial charge is 0.303 e. The predicted molar refractivity (Wildman–Crippen MR) is 112 cm³/mol. The van der Waals surface area contributed by atoms with Gasteiger partial charge in [0.2, 0.25) is 0 Å². The normalized spacial score (nSPS) is 17.8. The van der Waals surface area contributed by atoms with E-state index in [4.69, 9.17) is 14.2 Å². The summed E-state index contributed by atoms with van der Waals surface area (Å²) in [4.78, 5) is 11.9. The lowest BCUT2D eigenvalue weighted by Crippen LogP contribution is -2.26. The Bertz CT molecular complexity index is 971. The van der Waals surface area contributed by atoms with Gasteiger partial charge in [-0.1, -0.05) is 36.3 Å². The van der Waals surface area contributed by atoms with Gasteiger partial charge in [0.25, 0.3) is 0 Å². The van der Waals surface area contributed by atoms with Gasteiger partial charge < -0.3 is 14.2 Å². The minimum absolute atomic E-state index is 0.362. The van der Waals surface area contributed by atoms with Crippen LogP contribution in [0.5, 0.6) is 0 Å². The van der Waals surface area contributed by atoms with Gasteiger partial charge in [0.1, 0.15) is 11.9 Å². The molecule has 3 rings (SSSR count). The van der Waals surface area contributed by atoms with E-state index < -0.39 is 23.8 Å². The Kier molecular flexibility index (Phi) is 6.91. The van der Waals surface area contributed by atoms with Crippen molar-refractivity contribution in [3.63, 3.8) is 0 Å². The van der Waals surface area contributed by atoms with Gasteiger partial charge in [-0.05, 0) is 49.1 Å². The molecule has 158 valence electrons. The Balaban J connectivity index is 1.97. The van der Waals surface area contributed by atoms with Crippen LogP contribution < -0.4 is 0 Å². The van der Waals surface area contributed by atoms with Crippen molar-refractivity contribution in [1.29, 1.82) is 0 Å².